The maximum absolute atomic E-state index is 5.75. The van der Waals surface area contributed by atoms with E-state index in [9.17, 15) is 0 Å². The Hall–Kier alpha value is -0.0800. The molecule has 2 nitrogen and oxygen atoms in total. The summed E-state index contributed by atoms with van der Waals surface area (Å²) in [5.41, 5.74) is 6.71. The van der Waals surface area contributed by atoms with Crippen LogP contribution in [-0.4, -0.2) is 19.3 Å². The van der Waals surface area contributed by atoms with E-state index < -0.39 is 0 Å². The summed E-state index contributed by atoms with van der Waals surface area (Å²) in [4.78, 5) is 0. The molecular formula is C11H21NO. The van der Waals surface area contributed by atoms with Gasteiger partial charge >= 0.3 is 0 Å². The third-order valence-electron chi connectivity index (χ3n) is 3.95. The van der Waals surface area contributed by atoms with Crippen molar-refractivity contribution in [3.8, 4) is 0 Å². The minimum atomic E-state index is 0.342. The van der Waals surface area contributed by atoms with Crippen molar-refractivity contribution < 1.29 is 4.74 Å². The Balaban J connectivity index is 2.13. The molecule has 1 spiro atoms. The minimum absolute atomic E-state index is 0.342. The molecule has 0 radical (unpaired) electrons. The second-order valence-electron chi connectivity index (χ2n) is 5.55. The summed E-state index contributed by atoms with van der Waals surface area (Å²) in [6.07, 6.45) is 5.55. The molecule has 0 aromatic rings. The van der Waals surface area contributed by atoms with Gasteiger partial charge in [-0.2, -0.15) is 0 Å². The molecule has 76 valence electrons. The minimum Gasteiger partial charge on any atom is -0.376 e. The summed E-state index contributed by atoms with van der Waals surface area (Å²) < 4.78 is 5.71. The zero-order valence-corrected chi connectivity index (χ0v) is 8.81. The van der Waals surface area contributed by atoms with Gasteiger partial charge in [-0.15, -0.1) is 0 Å². The van der Waals surface area contributed by atoms with Gasteiger partial charge in [0.2, 0.25) is 0 Å². The quantitative estimate of drug-likeness (QED) is 0.674. The highest BCUT2D eigenvalue weighted by molar-refractivity contribution is 5.01. The zero-order chi connectivity index (χ0) is 9.53. The van der Waals surface area contributed by atoms with Crippen LogP contribution in [0.3, 0.4) is 0 Å². The van der Waals surface area contributed by atoms with Gasteiger partial charge < -0.3 is 10.5 Å². The first-order valence-electron chi connectivity index (χ1n) is 5.40. The molecule has 2 rings (SSSR count). The van der Waals surface area contributed by atoms with Crippen molar-refractivity contribution in [1.82, 2.24) is 0 Å². The molecule has 0 aromatic heterocycles. The van der Waals surface area contributed by atoms with E-state index in [2.05, 4.69) is 13.8 Å². The van der Waals surface area contributed by atoms with E-state index >= 15 is 0 Å². The van der Waals surface area contributed by atoms with Crippen LogP contribution in [0.5, 0.6) is 0 Å². The molecule has 0 aromatic carbocycles. The number of ether oxygens (including phenoxy) is 1. The van der Waals surface area contributed by atoms with Gasteiger partial charge in [0.15, 0.2) is 0 Å². The molecule has 1 aliphatic carbocycles. The Bertz CT molecular complexity index is 202. The Morgan fingerprint density at radius 1 is 1.31 bits per heavy atom. The molecule has 1 saturated heterocycles. The summed E-state index contributed by atoms with van der Waals surface area (Å²) in [6, 6.07) is 0. The van der Waals surface area contributed by atoms with Crippen molar-refractivity contribution in [3.63, 3.8) is 0 Å². The lowest BCUT2D eigenvalue weighted by atomic mass is 9.76. The predicted molar refractivity (Wildman–Crippen MR) is 53.5 cm³/mol. The molecule has 2 heteroatoms. The van der Waals surface area contributed by atoms with E-state index in [1.807, 2.05) is 0 Å². The third-order valence-corrected chi connectivity index (χ3v) is 3.95. The number of rotatable bonds is 1. The first-order chi connectivity index (χ1) is 6.08. The summed E-state index contributed by atoms with van der Waals surface area (Å²) in [5, 5.41) is 0. The van der Waals surface area contributed by atoms with Gasteiger partial charge in [0.05, 0.1) is 6.10 Å². The fourth-order valence-electron chi connectivity index (χ4n) is 3.27. The average molecular weight is 183 g/mol. The lowest BCUT2D eigenvalue weighted by molar-refractivity contribution is 0.0533. The van der Waals surface area contributed by atoms with Crippen LogP contribution in [0.2, 0.25) is 0 Å². The van der Waals surface area contributed by atoms with Crippen LogP contribution in [0.1, 0.15) is 39.5 Å². The normalized spacial score (nSPS) is 43.2. The van der Waals surface area contributed by atoms with Crippen molar-refractivity contribution in [2.24, 2.45) is 16.6 Å². The lowest BCUT2D eigenvalue weighted by Gasteiger charge is -2.30. The Morgan fingerprint density at radius 2 is 2.08 bits per heavy atom. The van der Waals surface area contributed by atoms with Crippen LogP contribution >= 0.6 is 0 Å². The van der Waals surface area contributed by atoms with E-state index in [0.29, 0.717) is 23.5 Å². The van der Waals surface area contributed by atoms with Gasteiger partial charge in [-0.05, 0) is 31.1 Å². The summed E-state index contributed by atoms with van der Waals surface area (Å²) in [5.74, 6) is 0. The van der Waals surface area contributed by atoms with Gasteiger partial charge in [-0.25, -0.2) is 0 Å². The fourth-order valence-corrected chi connectivity index (χ4v) is 3.27. The Kier molecular flexibility index (Phi) is 2.16. The third kappa shape index (κ3) is 1.50. The van der Waals surface area contributed by atoms with E-state index in [4.69, 9.17) is 10.5 Å². The van der Waals surface area contributed by atoms with Gasteiger partial charge in [-0.1, -0.05) is 13.8 Å². The number of nitrogens with two attached hydrogens (primary N) is 1. The molecule has 2 aliphatic rings. The summed E-state index contributed by atoms with van der Waals surface area (Å²) in [7, 11) is 0. The Labute approximate surface area is 80.8 Å². The first-order valence-corrected chi connectivity index (χ1v) is 5.40. The molecule has 2 fully saturated rings. The summed E-state index contributed by atoms with van der Waals surface area (Å²) >= 11 is 0. The topological polar surface area (TPSA) is 35.2 Å². The fraction of sp³-hybridized carbons (Fsp3) is 1.00. The average Bonchev–Trinajstić information content (AvgIpc) is 2.57. The molecule has 2 N–H and O–H groups in total. The highest BCUT2D eigenvalue weighted by Gasteiger charge is 2.50. The molecule has 0 bridgehead atoms. The van der Waals surface area contributed by atoms with Gasteiger partial charge in [0.1, 0.15) is 0 Å². The second kappa shape index (κ2) is 2.96. The van der Waals surface area contributed by atoms with Crippen molar-refractivity contribution in [3.05, 3.63) is 0 Å². The van der Waals surface area contributed by atoms with Crippen LogP contribution in [0.25, 0.3) is 0 Å². The van der Waals surface area contributed by atoms with Crippen LogP contribution < -0.4 is 5.73 Å². The highest BCUT2D eigenvalue weighted by atomic mass is 16.5. The standard InChI is InChI=1S/C11H21NO/c1-10(2)3-4-11(8-10)5-6-13-9(11)7-12/h9H,3-8,12H2,1-2H3. The molecule has 13 heavy (non-hydrogen) atoms. The number of hydrogen-bond acceptors (Lipinski definition) is 2. The van der Waals surface area contributed by atoms with Crippen molar-refractivity contribution >= 4 is 0 Å². The van der Waals surface area contributed by atoms with E-state index in [1.165, 1.54) is 25.7 Å². The van der Waals surface area contributed by atoms with Crippen LogP contribution in [0.4, 0.5) is 0 Å². The largest absolute Gasteiger partial charge is 0.376 e. The monoisotopic (exact) mass is 183 g/mol. The molecule has 0 amide bonds. The molecule has 2 unspecified atom stereocenters. The highest BCUT2D eigenvalue weighted by Crippen LogP contribution is 2.55. The molecular weight excluding hydrogens is 162 g/mol. The molecule has 2 atom stereocenters. The van der Waals surface area contributed by atoms with Crippen LogP contribution in [-0.2, 0) is 4.74 Å². The molecule has 1 saturated carbocycles. The van der Waals surface area contributed by atoms with Crippen LogP contribution in [0, 0.1) is 10.8 Å². The van der Waals surface area contributed by atoms with Crippen molar-refractivity contribution in [1.29, 1.82) is 0 Å². The second-order valence-corrected chi connectivity index (χ2v) is 5.55. The maximum Gasteiger partial charge on any atom is 0.0754 e. The summed E-state index contributed by atoms with van der Waals surface area (Å²) in [6.45, 7) is 6.37. The van der Waals surface area contributed by atoms with Gasteiger partial charge in [0.25, 0.3) is 0 Å². The SMILES string of the molecule is CC1(C)CCC2(CCOC2CN)C1. The Morgan fingerprint density at radius 3 is 2.62 bits per heavy atom. The van der Waals surface area contributed by atoms with Gasteiger partial charge in [0, 0.05) is 18.6 Å². The predicted octanol–water partition coefficient (Wildman–Crippen LogP) is 1.93. The van der Waals surface area contributed by atoms with E-state index in [1.54, 1.807) is 0 Å². The van der Waals surface area contributed by atoms with E-state index in [0.717, 1.165) is 6.61 Å². The number of hydrogen-bond donors (Lipinski definition) is 1. The lowest BCUT2D eigenvalue weighted by Crippen LogP contribution is -2.35. The van der Waals surface area contributed by atoms with Gasteiger partial charge in [-0.3, -0.25) is 0 Å². The van der Waals surface area contributed by atoms with Crippen LogP contribution in [0.15, 0.2) is 0 Å². The molecule has 1 aliphatic heterocycles. The molecule has 1 heterocycles. The van der Waals surface area contributed by atoms with Crippen molar-refractivity contribution in [2.75, 3.05) is 13.2 Å². The first kappa shape index (κ1) is 9.47. The van der Waals surface area contributed by atoms with Crippen molar-refractivity contribution in [2.45, 2.75) is 45.6 Å². The zero-order valence-electron chi connectivity index (χ0n) is 8.81. The van der Waals surface area contributed by atoms with E-state index in [-0.39, 0.29) is 0 Å². The maximum atomic E-state index is 5.75. The smallest absolute Gasteiger partial charge is 0.0754 e.